The maximum absolute atomic E-state index is 12.2. The predicted octanol–water partition coefficient (Wildman–Crippen LogP) is 3.60. The first-order valence-corrected chi connectivity index (χ1v) is 7.31. The third-order valence-corrected chi connectivity index (χ3v) is 3.85. The van der Waals surface area contributed by atoms with E-state index < -0.39 is 0 Å². The van der Waals surface area contributed by atoms with Crippen molar-refractivity contribution in [1.82, 2.24) is 5.43 Å². The maximum Gasteiger partial charge on any atom is 0.275 e. The number of carbonyl (C=O) groups is 1. The van der Waals surface area contributed by atoms with E-state index in [0.717, 1.165) is 42.2 Å². The fourth-order valence-electron chi connectivity index (χ4n) is 2.67. The number of nitrogens with zero attached hydrogens (tertiary/aromatic N) is 1. The van der Waals surface area contributed by atoms with Crippen LogP contribution in [0.1, 0.15) is 42.5 Å². The van der Waals surface area contributed by atoms with Crippen LogP contribution in [0.25, 0.3) is 10.8 Å². The third kappa shape index (κ3) is 3.05. The molecule has 0 spiro atoms. The summed E-state index contributed by atoms with van der Waals surface area (Å²) < 4.78 is 0. The van der Waals surface area contributed by atoms with Gasteiger partial charge in [-0.15, -0.1) is 0 Å². The molecule has 2 aromatic carbocycles. The number of carbonyl (C=O) groups excluding carboxylic acids is 1. The highest BCUT2D eigenvalue weighted by Gasteiger charge is 2.13. The molecule has 0 radical (unpaired) electrons. The van der Waals surface area contributed by atoms with E-state index in [4.69, 9.17) is 0 Å². The molecule has 2 N–H and O–H groups in total. The number of aromatic hydroxyl groups is 1. The zero-order chi connectivity index (χ0) is 14.7. The minimum Gasteiger partial charge on any atom is -0.507 e. The van der Waals surface area contributed by atoms with E-state index in [1.54, 1.807) is 12.1 Å². The Labute approximate surface area is 123 Å². The van der Waals surface area contributed by atoms with Crippen LogP contribution < -0.4 is 5.43 Å². The summed E-state index contributed by atoms with van der Waals surface area (Å²) in [6.07, 6.45) is 5.40. The summed E-state index contributed by atoms with van der Waals surface area (Å²) in [5, 5.41) is 16.0. The van der Waals surface area contributed by atoms with Crippen LogP contribution in [0.5, 0.6) is 5.75 Å². The Kier molecular flexibility index (Phi) is 3.86. The second-order valence-corrected chi connectivity index (χ2v) is 5.40. The van der Waals surface area contributed by atoms with Crippen molar-refractivity contribution in [2.45, 2.75) is 32.1 Å². The van der Waals surface area contributed by atoms with Crippen LogP contribution in [-0.2, 0) is 0 Å². The Morgan fingerprint density at radius 2 is 1.71 bits per heavy atom. The fraction of sp³-hybridized carbons (Fsp3) is 0.294. The molecule has 0 saturated heterocycles. The lowest BCUT2D eigenvalue weighted by Crippen LogP contribution is -2.20. The van der Waals surface area contributed by atoms with Crippen molar-refractivity contribution in [3.63, 3.8) is 0 Å². The van der Waals surface area contributed by atoms with Gasteiger partial charge in [-0.1, -0.05) is 30.7 Å². The van der Waals surface area contributed by atoms with E-state index in [9.17, 15) is 9.90 Å². The molecule has 0 atom stereocenters. The van der Waals surface area contributed by atoms with Gasteiger partial charge in [0.05, 0.1) is 5.56 Å². The van der Waals surface area contributed by atoms with E-state index in [0.29, 0.717) is 0 Å². The van der Waals surface area contributed by atoms with Crippen LogP contribution in [0.4, 0.5) is 0 Å². The quantitative estimate of drug-likeness (QED) is 0.827. The molecule has 1 aliphatic carbocycles. The molecule has 1 saturated carbocycles. The van der Waals surface area contributed by atoms with Crippen LogP contribution >= 0.6 is 0 Å². The minimum absolute atomic E-state index is 0.0185. The Morgan fingerprint density at radius 3 is 2.43 bits per heavy atom. The van der Waals surface area contributed by atoms with Crippen molar-refractivity contribution in [3.05, 3.63) is 42.0 Å². The topological polar surface area (TPSA) is 61.7 Å². The third-order valence-electron chi connectivity index (χ3n) is 3.85. The Bertz CT molecular complexity index is 699. The average molecular weight is 282 g/mol. The predicted molar refractivity (Wildman–Crippen MR) is 83.6 cm³/mol. The number of fused-ring (bicyclic) bond motifs is 1. The van der Waals surface area contributed by atoms with Crippen LogP contribution in [0.3, 0.4) is 0 Å². The Morgan fingerprint density at radius 1 is 1.05 bits per heavy atom. The highest BCUT2D eigenvalue weighted by atomic mass is 16.3. The monoisotopic (exact) mass is 282 g/mol. The van der Waals surface area contributed by atoms with Crippen LogP contribution in [-0.4, -0.2) is 16.7 Å². The lowest BCUT2D eigenvalue weighted by Gasteiger charge is -2.12. The largest absolute Gasteiger partial charge is 0.507 e. The van der Waals surface area contributed by atoms with E-state index in [2.05, 4.69) is 10.5 Å². The first-order valence-electron chi connectivity index (χ1n) is 7.31. The van der Waals surface area contributed by atoms with Crippen molar-refractivity contribution in [3.8, 4) is 5.75 Å². The van der Waals surface area contributed by atoms with E-state index in [-0.39, 0.29) is 17.2 Å². The van der Waals surface area contributed by atoms with E-state index in [1.807, 2.05) is 24.3 Å². The van der Waals surface area contributed by atoms with Crippen molar-refractivity contribution in [2.24, 2.45) is 5.10 Å². The minimum atomic E-state index is -0.365. The molecular formula is C17H18N2O2. The van der Waals surface area contributed by atoms with Gasteiger partial charge < -0.3 is 5.11 Å². The standard InChI is InChI=1S/C17H18N2O2/c20-16-11-13-7-5-4-6-12(13)10-15(16)17(21)19-18-14-8-2-1-3-9-14/h4-7,10-11,20H,1-3,8-9H2,(H,19,21). The van der Waals surface area contributed by atoms with Crippen LogP contribution in [0, 0.1) is 0 Å². The molecule has 4 heteroatoms. The van der Waals surface area contributed by atoms with Crippen molar-refractivity contribution < 1.29 is 9.90 Å². The Hall–Kier alpha value is -2.36. The molecule has 0 bridgehead atoms. The molecule has 1 fully saturated rings. The number of hydrazone groups is 1. The summed E-state index contributed by atoms with van der Waals surface area (Å²) in [6, 6.07) is 10.9. The van der Waals surface area contributed by atoms with Crippen molar-refractivity contribution in [2.75, 3.05) is 0 Å². The van der Waals surface area contributed by atoms with Gasteiger partial charge in [0.15, 0.2) is 0 Å². The van der Waals surface area contributed by atoms with Gasteiger partial charge in [0.2, 0.25) is 0 Å². The number of rotatable bonds is 2. The number of benzene rings is 2. The highest BCUT2D eigenvalue weighted by molar-refractivity contribution is 6.02. The molecule has 21 heavy (non-hydrogen) atoms. The first-order chi connectivity index (χ1) is 10.2. The zero-order valence-electron chi connectivity index (χ0n) is 11.8. The van der Waals surface area contributed by atoms with Gasteiger partial charge in [0.25, 0.3) is 5.91 Å². The van der Waals surface area contributed by atoms with Crippen LogP contribution in [0.15, 0.2) is 41.5 Å². The summed E-state index contributed by atoms with van der Waals surface area (Å²) >= 11 is 0. The molecule has 0 aliphatic heterocycles. The fourth-order valence-corrected chi connectivity index (χ4v) is 2.67. The normalized spacial score (nSPS) is 15.0. The first kappa shape index (κ1) is 13.6. The molecule has 108 valence electrons. The molecule has 1 aliphatic rings. The number of hydrogen-bond acceptors (Lipinski definition) is 3. The van der Waals surface area contributed by atoms with Crippen molar-refractivity contribution >= 4 is 22.4 Å². The summed E-state index contributed by atoms with van der Waals surface area (Å²) in [7, 11) is 0. The van der Waals surface area contributed by atoms with Gasteiger partial charge in [0.1, 0.15) is 5.75 Å². The molecule has 0 unspecified atom stereocenters. The average Bonchev–Trinajstić information content (AvgIpc) is 2.53. The van der Waals surface area contributed by atoms with Gasteiger partial charge in [-0.2, -0.15) is 5.10 Å². The summed E-state index contributed by atoms with van der Waals surface area (Å²) in [4.78, 5) is 12.2. The molecule has 1 amide bonds. The number of phenols is 1. The van der Waals surface area contributed by atoms with Gasteiger partial charge in [-0.25, -0.2) is 5.43 Å². The summed E-state index contributed by atoms with van der Waals surface area (Å²) in [6.45, 7) is 0. The molecule has 0 aromatic heterocycles. The number of nitrogens with one attached hydrogen (secondary N) is 1. The molecule has 4 nitrogen and oxygen atoms in total. The van der Waals surface area contributed by atoms with Gasteiger partial charge in [-0.3, -0.25) is 4.79 Å². The number of amides is 1. The summed E-state index contributed by atoms with van der Waals surface area (Å²) in [5.41, 5.74) is 3.86. The Balaban J connectivity index is 1.82. The van der Waals surface area contributed by atoms with Gasteiger partial charge >= 0.3 is 0 Å². The number of hydrogen-bond donors (Lipinski definition) is 2. The van der Waals surface area contributed by atoms with E-state index >= 15 is 0 Å². The smallest absolute Gasteiger partial charge is 0.275 e. The molecule has 3 rings (SSSR count). The molecule has 2 aromatic rings. The lowest BCUT2D eigenvalue weighted by atomic mass is 9.99. The van der Waals surface area contributed by atoms with Gasteiger partial charge in [-0.05, 0) is 48.6 Å². The van der Waals surface area contributed by atoms with E-state index in [1.165, 1.54) is 6.42 Å². The lowest BCUT2D eigenvalue weighted by molar-refractivity contribution is 0.0952. The second kappa shape index (κ2) is 5.95. The van der Waals surface area contributed by atoms with Gasteiger partial charge in [0, 0.05) is 5.71 Å². The molecule has 0 heterocycles. The van der Waals surface area contributed by atoms with Crippen LogP contribution in [0.2, 0.25) is 0 Å². The highest BCUT2D eigenvalue weighted by Crippen LogP contribution is 2.25. The zero-order valence-corrected chi connectivity index (χ0v) is 11.8. The molecular weight excluding hydrogens is 264 g/mol. The SMILES string of the molecule is O=C(NN=C1CCCCC1)c1cc2ccccc2cc1O. The second-order valence-electron chi connectivity index (χ2n) is 5.40. The maximum atomic E-state index is 12.2. The van der Waals surface area contributed by atoms with Crippen molar-refractivity contribution in [1.29, 1.82) is 0 Å². The summed E-state index contributed by atoms with van der Waals surface area (Å²) in [5.74, 6) is -0.383. The number of phenolic OH excluding ortho intramolecular Hbond substituents is 1.